The molecule has 5 heteroatoms. The van der Waals surface area contributed by atoms with Gasteiger partial charge in [-0.25, -0.2) is 4.90 Å². The quantitative estimate of drug-likeness (QED) is 0.453. The number of para-hydroxylation sites is 2. The first-order chi connectivity index (χ1) is 13.6. The van der Waals surface area contributed by atoms with Gasteiger partial charge in [-0.05, 0) is 31.9 Å². The van der Waals surface area contributed by atoms with Crippen LogP contribution >= 0.6 is 0 Å². The predicted octanol–water partition coefficient (Wildman–Crippen LogP) is 3.79. The number of hydrogen-bond acceptors (Lipinski definition) is 4. The number of ketones is 1. The van der Waals surface area contributed by atoms with Crippen LogP contribution in [0.15, 0.2) is 66.7 Å². The zero-order chi connectivity index (χ0) is 19.7. The summed E-state index contributed by atoms with van der Waals surface area (Å²) in [7, 11) is 0. The number of benzene rings is 2. The minimum atomic E-state index is -0.750. The topological polar surface area (TPSA) is 63.7 Å². The summed E-state index contributed by atoms with van der Waals surface area (Å²) in [6.07, 6.45) is 4.33. The Balaban J connectivity index is 1.60. The molecular weight excluding hydrogens is 354 g/mol. The van der Waals surface area contributed by atoms with Crippen LogP contribution in [0.3, 0.4) is 0 Å². The first kappa shape index (κ1) is 18.2. The highest BCUT2D eigenvalue weighted by atomic mass is 16.5. The van der Waals surface area contributed by atoms with Crippen molar-refractivity contribution in [3.63, 3.8) is 0 Å². The highest BCUT2D eigenvalue weighted by molar-refractivity contribution is 6.22. The fourth-order valence-corrected chi connectivity index (χ4v) is 3.86. The number of nitrogens with zero attached hydrogens (tertiary/aromatic N) is 1. The maximum Gasteiger partial charge on any atom is 0.238 e. The third-order valence-electron chi connectivity index (χ3n) is 5.35. The normalized spacial score (nSPS) is 22.1. The van der Waals surface area contributed by atoms with Crippen molar-refractivity contribution in [2.24, 2.45) is 11.8 Å². The van der Waals surface area contributed by atoms with Gasteiger partial charge in [-0.2, -0.15) is 0 Å². The van der Waals surface area contributed by atoms with Crippen molar-refractivity contribution < 1.29 is 19.1 Å². The molecule has 0 bridgehead atoms. The number of imide groups is 1. The minimum absolute atomic E-state index is 0.160. The zero-order valence-corrected chi connectivity index (χ0v) is 15.6. The summed E-state index contributed by atoms with van der Waals surface area (Å²) in [4.78, 5) is 39.7. The molecule has 28 heavy (non-hydrogen) atoms. The number of carbonyl (C=O) groups is 3. The van der Waals surface area contributed by atoms with E-state index in [1.54, 1.807) is 55.5 Å². The molecule has 5 nitrogen and oxygen atoms in total. The molecule has 1 fully saturated rings. The molecular formula is C23H21NO4. The second kappa shape index (κ2) is 7.43. The largest absolute Gasteiger partial charge is 0.480 e. The fraction of sp³-hybridized carbons (Fsp3) is 0.261. The number of fused-ring (bicyclic) bond motifs is 1. The molecule has 0 spiro atoms. The van der Waals surface area contributed by atoms with Crippen LogP contribution in [0.2, 0.25) is 0 Å². The summed E-state index contributed by atoms with van der Waals surface area (Å²) in [5, 5.41) is 0. The van der Waals surface area contributed by atoms with Crippen LogP contribution < -0.4 is 9.64 Å². The van der Waals surface area contributed by atoms with Crippen molar-refractivity contribution in [2.45, 2.75) is 25.9 Å². The van der Waals surface area contributed by atoms with Gasteiger partial charge < -0.3 is 4.74 Å². The average molecular weight is 375 g/mol. The maximum atomic E-state index is 12.9. The third kappa shape index (κ3) is 3.13. The predicted molar refractivity (Wildman–Crippen MR) is 105 cm³/mol. The van der Waals surface area contributed by atoms with Crippen molar-refractivity contribution in [3.8, 4) is 5.75 Å². The van der Waals surface area contributed by atoms with Crippen LogP contribution in [-0.4, -0.2) is 23.7 Å². The first-order valence-corrected chi connectivity index (χ1v) is 9.45. The van der Waals surface area contributed by atoms with E-state index in [9.17, 15) is 14.4 Å². The lowest BCUT2D eigenvalue weighted by molar-refractivity contribution is -0.122. The molecule has 142 valence electrons. The summed E-state index contributed by atoms with van der Waals surface area (Å²) >= 11 is 0. The maximum absolute atomic E-state index is 12.9. The fourth-order valence-electron chi connectivity index (χ4n) is 3.86. The lowest BCUT2D eigenvalue weighted by Gasteiger charge is -2.21. The van der Waals surface area contributed by atoms with Gasteiger partial charge in [0.25, 0.3) is 0 Å². The molecule has 2 amide bonds. The second-order valence-corrected chi connectivity index (χ2v) is 7.13. The molecule has 3 atom stereocenters. The van der Waals surface area contributed by atoms with Gasteiger partial charge in [0, 0.05) is 5.56 Å². The molecule has 2 aliphatic rings. The van der Waals surface area contributed by atoms with Gasteiger partial charge >= 0.3 is 0 Å². The van der Waals surface area contributed by atoms with E-state index < -0.39 is 6.10 Å². The third-order valence-corrected chi connectivity index (χ3v) is 5.35. The molecule has 1 saturated heterocycles. The van der Waals surface area contributed by atoms with Crippen LogP contribution in [0.1, 0.15) is 30.1 Å². The lowest BCUT2D eigenvalue weighted by atomic mass is 9.85. The van der Waals surface area contributed by atoms with Gasteiger partial charge in [0.1, 0.15) is 5.75 Å². The summed E-state index contributed by atoms with van der Waals surface area (Å²) < 4.78 is 5.91. The molecule has 2 aromatic rings. The number of allylic oxidation sites excluding steroid dienone is 2. The Hall–Kier alpha value is -3.21. The van der Waals surface area contributed by atoms with Gasteiger partial charge in [0.2, 0.25) is 17.6 Å². The Morgan fingerprint density at radius 2 is 1.50 bits per heavy atom. The Labute approximate surface area is 163 Å². The van der Waals surface area contributed by atoms with Gasteiger partial charge in [-0.3, -0.25) is 14.4 Å². The molecule has 2 aromatic carbocycles. The number of carbonyl (C=O) groups excluding carboxylic acids is 3. The number of ether oxygens (including phenoxy) is 1. The molecule has 0 N–H and O–H groups in total. The highest BCUT2D eigenvalue weighted by Crippen LogP contribution is 2.40. The SMILES string of the molecule is CC(Oc1ccccc1N1C(=O)C2CC=CCC2C1=O)C(=O)c1ccccc1. The summed E-state index contributed by atoms with van der Waals surface area (Å²) in [6, 6.07) is 15.8. The molecule has 0 saturated carbocycles. The number of rotatable bonds is 5. The van der Waals surface area contributed by atoms with Gasteiger partial charge in [-0.1, -0.05) is 54.6 Å². The van der Waals surface area contributed by atoms with Gasteiger partial charge in [-0.15, -0.1) is 0 Å². The van der Waals surface area contributed by atoms with E-state index in [-0.39, 0.29) is 29.4 Å². The van der Waals surface area contributed by atoms with Crippen LogP contribution in [0.4, 0.5) is 5.69 Å². The van der Waals surface area contributed by atoms with Gasteiger partial charge in [0.05, 0.1) is 17.5 Å². The molecule has 4 rings (SSSR count). The highest BCUT2D eigenvalue weighted by Gasteiger charge is 2.48. The van der Waals surface area contributed by atoms with E-state index in [0.29, 0.717) is 29.8 Å². The molecule has 1 heterocycles. The summed E-state index contributed by atoms with van der Waals surface area (Å²) in [5.41, 5.74) is 0.956. The van der Waals surface area contributed by atoms with Crippen molar-refractivity contribution in [1.29, 1.82) is 0 Å². The van der Waals surface area contributed by atoms with Crippen LogP contribution in [-0.2, 0) is 9.59 Å². The lowest BCUT2D eigenvalue weighted by Crippen LogP contribution is -2.32. The summed E-state index contributed by atoms with van der Waals surface area (Å²) in [6.45, 7) is 1.67. The van der Waals surface area contributed by atoms with Gasteiger partial charge in [0.15, 0.2) is 6.10 Å². The Morgan fingerprint density at radius 1 is 0.929 bits per heavy atom. The van der Waals surface area contributed by atoms with E-state index in [4.69, 9.17) is 4.74 Å². The Bertz CT molecular complexity index is 924. The van der Waals surface area contributed by atoms with E-state index in [2.05, 4.69) is 0 Å². The Kier molecular flexibility index (Phi) is 4.82. The molecule has 0 radical (unpaired) electrons. The van der Waals surface area contributed by atoms with Crippen LogP contribution in [0, 0.1) is 11.8 Å². The molecule has 3 unspecified atom stereocenters. The van der Waals surface area contributed by atoms with Crippen molar-refractivity contribution in [3.05, 3.63) is 72.3 Å². The molecule has 0 aromatic heterocycles. The van der Waals surface area contributed by atoms with E-state index in [1.165, 1.54) is 4.90 Å². The van der Waals surface area contributed by atoms with Crippen molar-refractivity contribution >= 4 is 23.3 Å². The number of anilines is 1. The average Bonchev–Trinajstić information content (AvgIpc) is 2.99. The second-order valence-electron chi connectivity index (χ2n) is 7.13. The van der Waals surface area contributed by atoms with Crippen LogP contribution in [0.5, 0.6) is 5.75 Å². The smallest absolute Gasteiger partial charge is 0.238 e. The monoisotopic (exact) mass is 375 g/mol. The minimum Gasteiger partial charge on any atom is -0.480 e. The number of Topliss-reactive ketones (excluding diaryl/α,β-unsaturated/α-hetero) is 1. The zero-order valence-electron chi connectivity index (χ0n) is 15.6. The standard InChI is InChI=1S/C23H21NO4/c1-15(21(25)16-9-3-2-4-10-16)28-20-14-8-7-13-19(20)24-22(26)17-11-5-6-12-18(17)23(24)27/h2-10,13-15,17-18H,11-12H2,1H3. The first-order valence-electron chi connectivity index (χ1n) is 9.45. The van der Waals surface area contributed by atoms with E-state index in [1.807, 2.05) is 18.2 Å². The molecule has 1 aliphatic heterocycles. The summed E-state index contributed by atoms with van der Waals surface area (Å²) in [5.74, 6) is -0.822. The van der Waals surface area contributed by atoms with Crippen LogP contribution in [0.25, 0.3) is 0 Å². The van der Waals surface area contributed by atoms with Crippen molar-refractivity contribution in [1.82, 2.24) is 0 Å². The van der Waals surface area contributed by atoms with E-state index >= 15 is 0 Å². The van der Waals surface area contributed by atoms with Crippen molar-refractivity contribution in [2.75, 3.05) is 4.90 Å². The van der Waals surface area contributed by atoms with E-state index in [0.717, 1.165) is 0 Å². The number of hydrogen-bond donors (Lipinski definition) is 0. The molecule has 1 aliphatic carbocycles. The number of amides is 2. The Morgan fingerprint density at radius 3 is 2.14 bits per heavy atom.